The standard InChI is InChI=1S/C14H20N2O2/c1-2-8-15-11-14(17)16-9-5-10-18-13-7-4-3-6-12(13)16/h3-4,6-7,15H,2,5,8-11H2,1H3. The summed E-state index contributed by atoms with van der Waals surface area (Å²) >= 11 is 0. The van der Waals surface area contributed by atoms with E-state index in [0.717, 1.165) is 37.4 Å². The van der Waals surface area contributed by atoms with Crippen molar-refractivity contribution >= 4 is 11.6 Å². The summed E-state index contributed by atoms with van der Waals surface area (Å²) in [6, 6.07) is 7.73. The van der Waals surface area contributed by atoms with Crippen molar-refractivity contribution in [3.8, 4) is 5.75 Å². The van der Waals surface area contributed by atoms with E-state index in [2.05, 4.69) is 12.2 Å². The Morgan fingerprint density at radius 3 is 3.11 bits per heavy atom. The van der Waals surface area contributed by atoms with Crippen molar-refractivity contribution in [2.45, 2.75) is 19.8 Å². The third-order valence-corrected chi connectivity index (χ3v) is 2.94. The number of anilines is 1. The van der Waals surface area contributed by atoms with Gasteiger partial charge in [-0.05, 0) is 31.5 Å². The van der Waals surface area contributed by atoms with E-state index in [9.17, 15) is 4.79 Å². The SMILES string of the molecule is CCCNCC(=O)N1CCCOc2ccccc21. The number of amides is 1. The fourth-order valence-corrected chi connectivity index (χ4v) is 2.05. The van der Waals surface area contributed by atoms with Crippen LogP contribution in [0.4, 0.5) is 5.69 Å². The average Bonchev–Trinajstić information content (AvgIpc) is 2.61. The average molecular weight is 248 g/mol. The van der Waals surface area contributed by atoms with E-state index < -0.39 is 0 Å². The minimum absolute atomic E-state index is 0.112. The molecule has 0 unspecified atom stereocenters. The molecule has 1 amide bonds. The number of fused-ring (bicyclic) bond motifs is 1. The topological polar surface area (TPSA) is 41.6 Å². The van der Waals surface area contributed by atoms with Crippen LogP contribution in [0.1, 0.15) is 19.8 Å². The highest BCUT2D eigenvalue weighted by molar-refractivity contribution is 5.96. The first kappa shape index (κ1) is 12.9. The Morgan fingerprint density at radius 2 is 2.28 bits per heavy atom. The predicted octanol–water partition coefficient (Wildman–Crippen LogP) is 1.80. The quantitative estimate of drug-likeness (QED) is 0.826. The zero-order valence-electron chi connectivity index (χ0n) is 10.8. The van der Waals surface area contributed by atoms with Crippen molar-refractivity contribution in [3.05, 3.63) is 24.3 Å². The molecule has 0 spiro atoms. The summed E-state index contributed by atoms with van der Waals surface area (Å²) in [7, 11) is 0. The number of nitrogens with one attached hydrogen (secondary N) is 1. The van der Waals surface area contributed by atoms with Crippen LogP contribution >= 0.6 is 0 Å². The number of carbonyl (C=O) groups is 1. The van der Waals surface area contributed by atoms with Gasteiger partial charge in [-0.2, -0.15) is 0 Å². The van der Waals surface area contributed by atoms with Gasteiger partial charge in [0.2, 0.25) is 5.91 Å². The molecule has 0 bridgehead atoms. The van der Waals surface area contributed by atoms with Crippen molar-refractivity contribution in [2.24, 2.45) is 0 Å². The molecule has 4 nitrogen and oxygen atoms in total. The molecule has 0 saturated heterocycles. The van der Waals surface area contributed by atoms with Gasteiger partial charge in [0, 0.05) is 6.54 Å². The zero-order chi connectivity index (χ0) is 12.8. The van der Waals surface area contributed by atoms with E-state index in [1.807, 2.05) is 29.2 Å². The summed E-state index contributed by atoms with van der Waals surface area (Å²) in [4.78, 5) is 14.0. The fraction of sp³-hybridized carbons (Fsp3) is 0.500. The summed E-state index contributed by atoms with van der Waals surface area (Å²) in [6.45, 7) is 4.75. The zero-order valence-corrected chi connectivity index (χ0v) is 10.8. The Hall–Kier alpha value is -1.55. The molecular weight excluding hydrogens is 228 g/mol. The summed E-state index contributed by atoms with van der Waals surface area (Å²) in [5.74, 6) is 0.917. The van der Waals surface area contributed by atoms with Gasteiger partial charge in [0.05, 0.1) is 18.8 Å². The van der Waals surface area contributed by atoms with E-state index in [-0.39, 0.29) is 5.91 Å². The predicted molar refractivity (Wildman–Crippen MR) is 72.1 cm³/mol. The lowest BCUT2D eigenvalue weighted by Crippen LogP contribution is -2.38. The van der Waals surface area contributed by atoms with Crippen LogP contribution in [0.5, 0.6) is 5.75 Å². The third kappa shape index (κ3) is 3.01. The highest BCUT2D eigenvalue weighted by Crippen LogP contribution is 2.30. The van der Waals surface area contributed by atoms with Gasteiger partial charge in [-0.25, -0.2) is 0 Å². The van der Waals surface area contributed by atoms with Crippen molar-refractivity contribution in [1.82, 2.24) is 5.32 Å². The van der Waals surface area contributed by atoms with Crippen molar-refractivity contribution < 1.29 is 9.53 Å². The van der Waals surface area contributed by atoms with Crippen molar-refractivity contribution in [3.63, 3.8) is 0 Å². The lowest BCUT2D eigenvalue weighted by Gasteiger charge is -2.21. The molecule has 0 fully saturated rings. The molecule has 1 aliphatic heterocycles. The number of nitrogens with zero attached hydrogens (tertiary/aromatic N) is 1. The van der Waals surface area contributed by atoms with Crippen LogP contribution in [0.15, 0.2) is 24.3 Å². The van der Waals surface area contributed by atoms with Crippen LogP contribution in [0.3, 0.4) is 0 Å². The van der Waals surface area contributed by atoms with Crippen LogP contribution in [-0.2, 0) is 4.79 Å². The minimum Gasteiger partial charge on any atom is -0.491 e. The second kappa shape index (κ2) is 6.40. The molecule has 0 saturated carbocycles. The first-order chi connectivity index (χ1) is 8.83. The third-order valence-electron chi connectivity index (χ3n) is 2.94. The normalized spacial score (nSPS) is 14.6. The number of benzene rings is 1. The molecule has 98 valence electrons. The van der Waals surface area contributed by atoms with Crippen LogP contribution in [0.2, 0.25) is 0 Å². The summed E-state index contributed by atoms with van der Waals surface area (Å²) in [5, 5.41) is 3.15. The number of rotatable bonds is 4. The second-order valence-corrected chi connectivity index (χ2v) is 4.39. The van der Waals surface area contributed by atoms with E-state index in [1.165, 1.54) is 0 Å². The maximum atomic E-state index is 12.2. The number of hydrogen-bond donors (Lipinski definition) is 1. The second-order valence-electron chi connectivity index (χ2n) is 4.39. The van der Waals surface area contributed by atoms with Gasteiger partial charge in [0.1, 0.15) is 5.75 Å². The number of hydrogen-bond acceptors (Lipinski definition) is 3. The van der Waals surface area contributed by atoms with Crippen molar-refractivity contribution in [1.29, 1.82) is 0 Å². The molecule has 0 radical (unpaired) electrons. The van der Waals surface area contributed by atoms with E-state index in [0.29, 0.717) is 13.2 Å². The van der Waals surface area contributed by atoms with Crippen molar-refractivity contribution in [2.75, 3.05) is 31.1 Å². The smallest absolute Gasteiger partial charge is 0.241 e. The summed E-state index contributed by atoms with van der Waals surface area (Å²) in [6.07, 6.45) is 1.90. The minimum atomic E-state index is 0.112. The molecule has 1 aliphatic rings. The lowest BCUT2D eigenvalue weighted by atomic mass is 10.2. The first-order valence-corrected chi connectivity index (χ1v) is 6.56. The molecular formula is C14H20N2O2. The molecule has 18 heavy (non-hydrogen) atoms. The Morgan fingerprint density at radius 1 is 1.44 bits per heavy atom. The van der Waals surface area contributed by atoms with Gasteiger partial charge in [0.15, 0.2) is 0 Å². The van der Waals surface area contributed by atoms with Crippen LogP contribution in [0, 0.1) is 0 Å². The maximum absolute atomic E-state index is 12.2. The summed E-state index contributed by atoms with van der Waals surface area (Å²) in [5.41, 5.74) is 0.887. The number of ether oxygens (including phenoxy) is 1. The van der Waals surface area contributed by atoms with E-state index >= 15 is 0 Å². The maximum Gasteiger partial charge on any atom is 0.241 e. The molecule has 0 aromatic heterocycles. The van der Waals surface area contributed by atoms with Gasteiger partial charge < -0.3 is 15.0 Å². The Bertz CT molecular complexity index is 407. The van der Waals surface area contributed by atoms with Gasteiger partial charge in [-0.3, -0.25) is 4.79 Å². The molecule has 0 aliphatic carbocycles. The molecule has 4 heteroatoms. The molecule has 0 atom stereocenters. The molecule has 1 heterocycles. The number of para-hydroxylation sites is 2. The molecule has 1 aromatic rings. The highest BCUT2D eigenvalue weighted by atomic mass is 16.5. The largest absolute Gasteiger partial charge is 0.491 e. The van der Waals surface area contributed by atoms with Crippen LogP contribution in [0.25, 0.3) is 0 Å². The lowest BCUT2D eigenvalue weighted by molar-refractivity contribution is -0.117. The highest BCUT2D eigenvalue weighted by Gasteiger charge is 2.21. The van der Waals surface area contributed by atoms with Crippen LogP contribution in [-0.4, -0.2) is 32.1 Å². The Balaban J connectivity index is 2.09. The van der Waals surface area contributed by atoms with Gasteiger partial charge in [0.25, 0.3) is 0 Å². The Kier molecular flexibility index (Phi) is 4.59. The number of carbonyl (C=O) groups excluding carboxylic acids is 1. The molecule has 1 aromatic carbocycles. The van der Waals surface area contributed by atoms with Gasteiger partial charge in [-0.1, -0.05) is 19.1 Å². The summed E-state index contributed by atoms with van der Waals surface area (Å²) < 4.78 is 5.64. The molecule has 2 rings (SSSR count). The van der Waals surface area contributed by atoms with Crippen LogP contribution < -0.4 is 15.0 Å². The van der Waals surface area contributed by atoms with Gasteiger partial charge in [-0.15, -0.1) is 0 Å². The van der Waals surface area contributed by atoms with Gasteiger partial charge >= 0.3 is 0 Å². The van der Waals surface area contributed by atoms with E-state index in [4.69, 9.17) is 4.74 Å². The Labute approximate surface area is 108 Å². The monoisotopic (exact) mass is 248 g/mol. The van der Waals surface area contributed by atoms with E-state index in [1.54, 1.807) is 0 Å². The molecule has 1 N–H and O–H groups in total. The first-order valence-electron chi connectivity index (χ1n) is 6.56. The fourth-order valence-electron chi connectivity index (χ4n) is 2.05.